The lowest BCUT2D eigenvalue weighted by atomic mass is 9.80. The summed E-state index contributed by atoms with van der Waals surface area (Å²) in [5.74, 6) is -0.593. The van der Waals surface area contributed by atoms with Crippen molar-refractivity contribution in [3.05, 3.63) is 24.3 Å². The van der Waals surface area contributed by atoms with Gasteiger partial charge in [0, 0.05) is 5.92 Å². The number of para-hydroxylation sites is 2. The van der Waals surface area contributed by atoms with E-state index in [2.05, 4.69) is 0 Å². The number of carbonyl (C=O) groups excluding carboxylic acids is 1. The Labute approximate surface area is 123 Å². The Morgan fingerprint density at radius 2 is 1.95 bits per heavy atom. The predicted molar refractivity (Wildman–Crippen MR) is 77.4 cm³/mol. The number of carboxylic acids is 1. The molecule has 1 fully saturated rings. The van der Waals surface area contributed by atoms with Gasteiger partial charge in [0.1, 0.15) is 12.4 Å². The summed E-state index contributed by atoms with van der Waals surface area (Å²) in [5.41, 5.74) is 0.797. The Hall–Kier alpha value is -2.04. The maximum Gasteiger partial charge on any atom is 0.306 e. The van der Waals surface area contributed by atoms with Crippen LogP contribution in [0.1, 0.15) is 25.7 Å². The fourth-order valence-corrected chi connectivity index (χ4v) is 3.26. The number of carboxylic acid groups (broad SMARTS) is 1. The second kappa shape index (κ2) is 5.76. The van der Waals surface area contributed by atoms with Gasteiger partial charge in [0.05, 0.1) is 18.2 Å². The molecule has 0 bridgehead atoms. The molecule has 1 aromatic carbocycles. The molecule has 1 saturated carbocycles. The molecule has 1 aliphatic carbocycles. The molecule has 1 heterocycles. The largest absolute Gasteiger partial charge is 0.490 e. The molecule has 1 amide bonds. The number of anilines is 1. The molecule has 0 radical (unpaired) electrons. The molecule has 1 N–H and O–H groups in total. The summed E-state index contributed by atoms with van der Waals surface area (Å²) in [7, 11) is 0. The zero-order valence-corrected chi connectivity index (χ0v) is 11.8. The highest BCUT2D eigenvalue weighted by Crippen LogP contribution is 2.35. The van der Waals surface area contributed by atoms with E-state index >= 15 is 0 Å². The molecule has 5 nitrogen and oxygen atoms in total. The van der Waals surface area contributed by atoms with Crippen molar-refractivity contribution in [3.63, 3.8) is 0 Å². The number of nitrogens with zero attached hydrogens (tertiary/aromatic N) is 1. The third-order valence-corrected chi connectivity index (χ3v) is 4.37. The first kappa shape index (κ1) is 13.9. The molecule has 1 aromatic rings. The highest BCUT2D eigenvalue weighted by molar-refractivity contribution is 5.97. The third-order valence-electron chi connectivity index (χ3n) is 4.37. The van der Waals surface area contributed by atoms with Crippen LogP contribution in [0.25, 0.3) is 0 Å². The van der Waals surface area contributed by atoms with Gasteiger partial charge in [0.15, 0.2) is 0 Å². The predicted octanol–water partition coefficient (Wildman–Crippen LogP) is 2.30. The molecule has 0 aromatic heterocycles. The van der Waals surface area contributed by atoms with Gasteiger partial charge in [-0.15, -0.1) is 0 Å². The summed E-state index contributed by atoms with van der Waals surface area (Å²) >= 11 is 0. The molecule has 21 heavy (non-hydrogen) atoms. The van der Waals surface area contributed by atoms with Crippen LogP contribution in [0.15, 0.2) is 24.3 Å². The molecule has 2 aliphatic rings. The number of fused-ring (bicyclic) bond motifs is 1. The van der Waals surface area contributed by atoms with Crippen molar-refractivity contribution in [1.29, 1.82) is 0 Å². The Morgan fingerprint density at radius 3 is 2.76 bits per heavy atom. The molecular formula is C16H19NO4. The van der Waals surface area contributed by atoms with E-state index in [1.165, 1.54) is 0 Å². The Balaban J connectivity index is 1.78. The first-order chi connectivity index (χ1) is 10.2. The Bertz CT molecular complexity index is 557. The molecule has 112 valence electrons. The smallest absolute Gasteiger partial charge is 0.306 e. The van der Waals surface area contributed by atoms with Gasteiger partial charge in [-0.2, -0.15) is 0 Å². The molecule has 3 rings (SSSR count). The quantitative estimate of drug-likeness (QED) is 0.907. The minimum atomic E-state index is -0.783. The van der Waals surface area contributed by atoms with Crippen molar-refractivity contribution >= 4 is 17.6 Å². The average molecular weight is 289 g/mol. The van der Waals surface area contributed by atoms with Gasteiger partial charge in [-0.1, -0.05) is 18.6 Å². The van der Waals surface area contributed by atoms with Crippen molar-refractivity contribution in [3.8, 4) is 5.75 Å². The first-order valence-corrected chi connectivity index (χ1v) is 7.43. The Kier molecular flexibility index (Phi) is 3.82. The van der Waals surface area contributed by atoms with E-state index in [0.29, 0.717) is 26.0 Å². The standard InChI is InChI=1S/C16H19NO4/c18-15(11-4-3-5-12(10-11)16(19)20)17-8-9-21-14-7-2-1-6-13(14)17/h1-2,6-7,11-12H,3-5,8-10H2,(H,19,20). The number of aliphatic carboxylic acids is 1. The van der Waals surface area contributed by atoms with E-state index in [9.17, 15) is 9.59 Å². The van der Waals surface area contributed by atoms with Crippen LogP contribution in [0, 0.1) is 11.8 Å². The molecule has 2 unspecified atom stereocenters. The number of ether oxygens (including phenoxy) is 1. The lowest BCUT2D eigenvalue weighted by Crippen LogP contribution is -2.43. The van der Waals surface area contributed by atoms with Gasteiger partial charge in [-0.25, -0.2) is 0 Å². The molecular weight excluding hydrogens is 270 g/mol. The maximum absolute atomic E-state index is 12.8. The van der Waals surface area contributed by atoms with Crippen LogP contribution >= 0.6 is 0 Å². The van der Waals surface area contributed by atoms with Gasteiger partial charge >= 0.3 is 5.97 Å². The van der Waals surface area contributed by atoms with Crippen molar-refractivity contribution < 1.29 is 19.4 Å². The molecule has 0 spiro atoms. The van der Waals surface area contributed by atoms with E-state index < -0.39 is 5.97 Å². The SMILES string of the molecule is O=C(O)C1CCCC(C(=O)N2CCOc3ccccc32)C1. The van der Waals surface area contributed by atoms with Gasteiger partial charge in [-0.05, 0) is 31.4 Å². The summed E-state index contributed by atoms with van der Waals surface area (Å²) in [6, 6.07) is 7.50. The van der Waals surface area contributed by atoms with Crippen LogP contribution in [0.3, 0.4) is 0 Å². The van der Waals surface area contributed by atoms with Crippen LogP contribution < -0.4 is 9.64 Å². The normalized spacial score (nSPS) is 24.9. The van der Waals surface area contributed by atoms with E-state index in [0.717, 1.165) is 24.3 Å². The second-order valence-electron chi connectivity index (χ2n) is 5.70. The summed E-state index contributed by atoms with van der Waals surface area (Å²) in [5, 5.41) is 9.16. The second-order valence-corrected chi connectivity index (χ2v) is 5.70. The van der Waals surface area contributed by atoms with E-state index in [1.54, 1.807) is 4.90 Å². The Morgan fingerprint density at radius 1 is 1.19 bits per heavy atom. The number of rotatable bonds is 2. The fraction of sp³-hybridized carbons (Fsp3) is 0.500. The van der Waals surface area contributed by atoms with Crippen LogP contribution in [0.4, 0.5) is 5.69 Å². The van der Waals surface area contributed by atoms with Gasteiger partial charge < -0.3 is 14.7 Å². The highest BCUT2D eigenvalue weighted by Gasteiger charge is 2.35. The number of hydrogen-bond acceptors (Lipinski definition) is 3. The lowest BCUT2D eigenvalue weighted by Gasteiger charge is -2.34. The van der Waals surface area contributed by atoms with E-state index in [1.807, 2.05) is 24.3 Å². The highest BCUT2D eigenvalue weighted by atomic mass is 16.5. The van der Waals surface area contributed by atoms with E-state index in [4.69, 9.17) is 9.84 Å². The third kappa shape index (κ3) is 2.73. The molecule has 0 saturated heterocycles. The average Bonchev–Trinajstić information content (AvgIpc) is 2.53. The molecule has 1 aliphatic heterocycles. The van der Waals surface area contributed by atoms with Crippen LogP contribution in [-0.4, -0.2) is 30.1 Å². The summed E-state index contributed by atoms with van der Waals surface area (Å²) in [6.07, 6.45) is 2.72. The zero-order valence-electron chi connectivity index (χ0n) is 11.8. The molecule has 2 atom stereocenters. The van der Waals surface area contributed by atoms with Crippen molar-refractivity contribution in [2.24, 2.45) is 11.8 Å². The van der Waals surface area contributed by atoms with Crippen molar-refractivity contribution in [2.75, 3.05) is 18.1 Å². The van der Waals surface area contributed by atoms with Crippen molar-refractivity contribution in [2.45, 2.75) is 25.7 Å². The summed E-state index contributed by atoms with van der Waals surface area (Å²) in [6.45, 7) is 1.02. The number of amides is 1. The topological polar surface area (TPSA) is 66.8 Å². The number of carbonyl (C=O) groups is 2. The van der Waals surface area contributed by atoms with Gasteiger partial charge in [0.2, 0.25) is 5.91 Å². The number of hydrogen-bond donors (Lipinski definition) is 1. The van der Waals surface area contributed by atoms with Gasteiger partial charge in [0.25, 0.3) is 0 Å². The monoisotopic (exact) mass is 289 g/mol. The van der Waals surface area contributed by atoms with Gasteiger partial charge in [-0.3, -0.25) is 9.59 Å². The van der Waals surface area contributed by atoms with Crippen LogP contribution in [-0.2, 0) is 9.59 Å². The molecule has 5 heteroatoms. The summed E-state index contributed by atoms with van der Waals surface area (Å²) < 4.78 is 5.56. The van der Waals surface area contributed by atoms with Crippen molar-refractivity contribution in [1.82, 2.24) is 0 Å². The van der Waals surface area contributed by atoms with Crippen LogP contribution in [0.2, 0.25) is 0 Å². The van der Waals surface area contributed by atoms with E-state index in [-0.39, 0.29) is 17.7 Å². The lowest BCUT2D eigenvalue weighted by molar-refractivity contribution is -0.143. The first-order valence-electron chi connectivity index (χ1n) is 7.43. The zero-order chi connectivity index (χ0) is 14.8. The maximum atomic E-state index is 12.8. The minimum absolute atomic E-state index is 0.0386. The summed E-state index contributed by atoms with van der Waals surface area (Å²) in [4.78, 5) is 25.7. The number of benzene rings is 1. The van der Waals surface area contributed by atoms with Crippen LogP contribution in [0.5, 0.6) is 5.75 Å². The minimum Gasteiger partial charge on any atom is -0.490 e. The fourth-order valence-electron chi connectivity index (χ4n) is 3.26.